The minimum absolute atomic E-state index is 0.296. The molecular formula is C18H16F4N2O. The second-order valence-corrected chi connectivity index (χ2v) is 6.07. The number of alkyl halides is 3. The van der Waals surface area contributed by atoms with Crippen molar-refractivity contribution in [3.8, 4) is 0 Å². The van der Waals surface area contributed by atoms with Crippen molar-refractivity contribution in [1.82, 2.24) is 4.57 Å². The number of amides is 1. The highest BCUT2D eigenvalue weighted by Crippen LogP contribution is 2.33. The number of carbonyl (C=O) groups is 1. The Hall–Kier alpha value is -2.44. The minimum Gasteiger partial charge on any atom is -0.333 e. The van der Waals surface area contributed by atoms with Gasteiger partial charge in [-0.2, -0.15) is 18.2 Å². The van der Waals surface area contributed by atoms with Gasteiger partial charge in [0.05, 0.1) is 11.1 Å². The summed E-state index contributed by atoms with van der Waals surface area (Å²) >= 11 is 0. The number of rotatable bonds is 4. The Bertz CT molecular complexity index is 851. The maximum Gasteiger partial charge on any atom is 0.419 e. The Morgan fingerprint density at radius 1 is 1.16 bits per heavy atom. The van der Waals surface area contributed by atoms with Crippen LogP contribution in [0.3, 0.4) is 0 Å². The van der Waals surface area contributed by atoms with Crippen LogP contribution < -0.4 is 5.49 Å². The number of benzene rings is 1. The molecule has 1 aliphatic carbocycles. The zero-order valence-electron chi connectivity index (χ0n) is 13.3. The number of nitrogens with zero attached hydrogens (tertiary/aromatic N) is 2. The smallest absolute Gasteiger partial charge is 0.333 e. The van der Waals surface area contributed by atoms with Gasteiger partial charge in [-0.1, -0.05) is 25.0 Å². The summed E-state index contributed by atoms with van der Waals surface area (Å²) in [5, 5.41) is 0. The van der Waals surface area contributed by atoms with Gasteiger partial charge in [-0.3, -0.25) is 4.79 Å². The van der Waals surface area contributed by atoms with Crippen molar-refractivity contribution in [2.24, 2.45) is 10.9 Å². The summed E-state index contributed by atoms with van der Waals surface area (Å²) in [5.41, 5.74) is -1.86. The molecule has 1 heterocycles. The molecule has 25 heavy (non-hydrogen) atoms. The summed E-state index contributed by atoms with van der Waals surface area (Å²) in [6, 6.07) is 7.64. The lowest BCUT2D eigenvalue weighted by Gasteiger charge is -2.10. The summed E-state index contributed by atoms with van der Waals surface area (Å²) in [4.78, 5) is 16.1. The van der Waals surface area contributed by atoms with Crippen molar-refractivity contribution in [3.05, 3.63) is 65.0 Å². The summed E-state index contributed by atoms with van der Waals surface area (Å²) in [7, 11) is 0. The Morgan fingerprint density at radius 2 is 1.92 bits per heavy atom. The van der Waals surface area contributed by atoms with Gasteiger partial charge in [-0.15, -0.1) is 0 Å². The van der Waals surface area contributed by atoms with Crippen LogP contribution in [-0.2, 0) is 12.7 Å². The fourth-order valence-corrected chi connectivity index (χ4v) is 2.57. The third-order valence-corrected chi connectivity index (χ3v) is 4.14. The number of hydrogen-bond donors (Lipinski definition) is 0. The maximum atomic E-state index is 14.1. The molecular weight excluding hydrogens is 336 g/mol. The molecule has 3 rings (SSSR count). The summed E-state index contributed by atoms with van der Waals surface area (Å²) in [5.74, 6) is -1.95. The molecule has 1 aliphatic rings. The van der Waals surface area contributed by atoms with E-state index in [0.29, 0.717) is 24.0 Å². The van der Waals surface area contributed by atoms with Crippen LogP contribution in [0, 0.1) is 11.7 Å². The van der Waals surface area contributed by atoms with E-state index in [1.165, 1.54) is 12.8 Å². The van der Waals surface area contributed by atoms with Crippen LogP contribution in [0.5, 0.6) is 0 Å². The van der Waals surface area contributed by atoms with Crippen molar-refractivity contribution in [3.63, 3.8) is 0 Å². The molecule has 3 nitrogen and oxygen atoms in total. The van der Waals surface area contributed by atoms with Crippen LogP contribution >= 0.6 is 0 Å². The SMILES string of the molecule is O=C(/N=c1\ccccn1CCC1CC1)c1cccc(C(F)(F)F)c1F. The molecule has 1 saturated carbocycles. The first kappa shape index (κ1) is 17.4. The highest BCUT2D eigenvalue weighted by atomic mass is 19.4. The normalized spacial score (nSPS) is 15.4. The van der Waals surface area contributed by atoms with E-state index < -0.39 is 29.0 Å². The van der Waals surface area contributed by atoms with E-state index in [0.717, 1.165) is 18.6 Å². The van der Waals surface area contributed by atoms with Gasteiger partial charge in [0.15, 0.2) is 0 Å². The molecule has 0 radical (unpaired) electrons. The molecule has 1 aromatic carbocycles. The van der Waals surface area contributed by atoms with Gasteiger partial charge in [0.25, 0.3) is 5.91 Å². The number of hydrogen-bond acceptors (Lipinski definition) is 1. The topological polar surface area (TPSA) is 34.4 Å². The molecule has 0 aliphatic heterocycles. The number of halogens is 4. The highest BCUT2D eigenvalue weighted by Gasteiger charge is 2.35. The largest absolute Gasteiger partial charge is 0.419 e. The van der Waals surface area contributed by atoms with Gasteiger partial charge in [0.1, 0.15) is 11.3 Å². The monoisotopic (exact) mass is 352 g/mol. The third kappa shape index (κ3) is 4.15. The predicted octanol–water partition coefficient (Wildman–Crippen LogP) is 4.19. The van der Waals surface area contributed by atoms with Gasteiger partial charge in [-0.25, -0.2) is 4.39 Å². The first-order valence-electron chi connectivity index (χ1n) is 7.96. The van der Waals surface area contributed by atoms with E-state index in [2.05, 4.69) is 4.99 Å². The van der Waals surface area contributed by atoms with Crippen LogP contribution in [0.15, 0.2) is 47.6 Å². The van der Waals surface area contributed by atoms with Crippen molar-refractivity contribution in [2.45, 2.75) is 32.0 Å². The van der Waals surface area contributed by atoms with Crippen LogP contribution in [0.4, 0.5) is 17.6 Å². The molecule has 1 amide bonds. The van der Waals surface area contributed by atoms with Gasteiger partial charge in [-0.05, 0) is 36.6 Å². The van der Waals surface area contributed by atoms with Crippen LogP contribution in [-0.4, -0.2) is 10.5 Å². The van der Waals surface area contributed by atoms with E-state index in [1.54, 1.807) is 29.0 Å². The molecule has 132 valence electrons. The highest BCUT2D eigenvalue weighted by molar-refractivity contribution is 5.95. The van der Waals surface area contributed by atoms with E-state index in [1.807, 2.05) is 0 Å². The lowest BCUT2D eigenvalue weighted by molar-refractivity contribution is -0.140. The predicted molar refractivity (Wildman–Crippen MR) is 83.1 cm³/mol. The van der Waals surface area contributed by atoms with Gasteiger partial charge in [0.2, 0.25) is 0 Å². The fourth-order valence-electron chi connectivity index (χ4n) is 2.57. The van der Waals surface area contributed by atoms with Crippen LogP contribution in [0.1, 0.15) is 35.2 Å². The number of aromatic nitrogens is 1. The average Bonchev–Trinajstić information content (AvgIpc) is 3.37. The number of pyridine rings is 1. The van der Waals surface area contributed by atoms with E-state index in [4.69, 9.17) is 0 Å². The second-order valence-electron chi connectivity index (χ2n) is 6.07. The maximum absolute atomic E-state index is 14.1. The average molecular weight is 352 g/mol. The summed E-state index contributed by atoms with van der Waals surface area (Å²) in [6.07, 6.45) is 0.208. The fraction of sp³-hybridized carbons (Fsp3) is 0.333. The molecule has 0 N–H and O–H groups in total. The van der Waals surface area contributed by atoms with Crippen molar-refractivity contribution < 1.29 is 22.4 Å². The molecule has 0 saturated heterocycles. The Balaban J connectivity index is 1.93. The van der Waals surface area contributed by atoms with E-state index in [-0.39, 0.29) is 0 Å². The molecule has 0 unspecified atom stereocenters. The summed E-state index contributed by atoms with van der Waals surface area (Å²) < 4.78 is 54.2. The van der Waals surface area contributed by atoms with Gasteiger partial charge >= 0.3 is 6.18 Å². The van der Waals surface area contributed by atoms with Crippen molar-refractivity contribution >= 4 is 5.91 Å². The van der Waals surface area contributed by atoms with Crippen molar-refractivity contribution in [2.75, 3.05) is 0 Å². The zero-order valence-corrected chi connectivity index (χ0v) is 13.3. The van der Waals surface area contributed by atoms with E-state index in [9.17, 15) is 22.4 Å². The first-order chi connectivity index (χ1) is 11.9. The van der Waals surface area contributed by atoms with Crippen LogP contribution in [0.25, 0.3) is 0 Å². The molecule has 0 atom stereocenters. The quantitative estimate of drug-likeness (QED) is 0.760. The molecule has 2 aromatic rings. The Labute approximate surface area is 141 Å². The first-order valence-corrected chi connectivity index (χ1v) is 7.96. The minimum atomic E-state index is -4.86. The third-order valence-electron chi connectivity index (χ3n) is 4.14. The molecule has 1 fully saturated rings. The van der Waals surface area contributed by atoms with Crippen LogP contribution in [0.2, 0.25) is 0 Å². The van der Waals surface area contributed by atoms with E-state index >= 15 is 0 Å². The van der Waals surface area contributed by atoms with Crippen molar-refractivity contribution in [1.29, 1.82) is 0 Å². The standard InChI is InChI=1S/C18H16F4N2O/c19-16-13(4-3-5-14(16)18(20,21)22)17(25)23-15-6-1-2-10-24(15)11-9-12-7-8-12/h1-6,10,12H,7-9,11H2/b23-15+. The zero-order chi connectivity index (χ0) is 18.0. The lowest BCUT2D eigenvalue weighted by Crippen LogP contribution is -2.22. The summed E-state index contributed by atoms with van der Waals surface area (Å²) in [6.45, 7) is 0.655. The molecule has 0 bridgehead atoms. The second kappa shape index (κ2) is 6.82. The Kier molecular flexibility index (Phi) is 4.74. The molecule has 7 heteroatoms. The molecule has 1 aromatic heterocycles. The molecule has 0 spiro atoms. The Morgan fingerprint density at radius 3 is 2.60 bits per heavy atom. The number of aryl methyl sites for hydroxylation is 1. The lowest BCUT2D eigenvalue weighted by atomic mass is 10.1. The van der Waals surface area contributed by atoms with Gasteiger partial charge in [0, 0.05) is 12.7 Å². The van der Waals surface area contributed by atoms with Gasteiger partial charge < -0.3 is 4.57 Å². The number of carbonyl (C=O) groups excluding carboxylic acids is 1.